The van der Waals surface area contributed by atoms with Gasteiger partial charge in [0.25, 0.3) is 5.56 Å². The minimum Gasteiger partial charge on any atom is -0.478 e. The second-order valence-corrected chi connectivity index (χ2v) is 4.69. The standard InChI is InChI=1S/C16H12N2O3/c19-15-13-6-2-1-5-12(13)14(16(20)21)10-18(15)9-11-4-3-7-17-8-11/h1-8,10H,9H2,(H,20,21). The lowest BCUT2D eigenvalue weighted by Gasteiger charge is -2.10. The summed E-state index contributed by atoms with van der Waals surface area (Å²) in [6, 6.07) is 10.4. The lowest BCUT2D eigenvalue weighted by Crippen LogP contribution is -2.22. The van der Waals surface area contributed by atoms with E-state index in [1.165, 1.54) is 10.8 Å². The molecular formula is C16H12N2O3. The Bertz CT molecular complexity index is 870. The topological polar surface area (TPSA) is 72.2 Å². The maximum absolute atomic E-state index is 12.5. The van der Waals surface area contributed by atoms with Gasteiger partial charge in [-0.3, -0.25) is 9.78 Å². The zero-order chi connectivity index (χ0) is 14.8. The zero-order valence-corrected chi connectivity index (χ0v) is 11.1. The SMILES string of the molecule is O=C(O)c1cn(Cc2cccnc2)c(=O)c2ccccc12. The number of carboxylic acid groups (broad SMARTS) is 1. The van der Waals surface area contributed by atoms with Gasteiger partial charge in [0, 0.05) is 29.4 Å². The number of carbonyl (C=O) groups is 1. The number of carboxylic acids is 1. The van der Waals surface area contributed by atoms with Crippen LogP contribution in [0.15, 0.2) is 59.8 Å². The van der Waals surface area contributed by atoms with Crippen molar-refractivity contribution in [3.63, 3.8) is 0 Å². The number of pyridine rings is 2. The molecule has 0 fully saturated rings. The summed E-state index contributed by atoms with van der Waals surface area (Å²) in [6.07, 6.45) is 4.69. The van der Waals surface area contributed by atoms with Crippen LogP contribution in [0.1, 0.15) is 15.9 Å². The molecule has 5 nitrogen and oxygen atoms in total. The molecule has 0 aliphatic carbocycles. The molecule has 0 bridgehead atoms. The van der Waals surface area contributed by atoms with Gasteiger partial charge in [0.15, 0.2) is 0 Å². The summed E-state index contributed by atoms with van der Waals surface area (Å²) in [5.74, 6) is -1.05. The highest BCUT2D eigenvalue weighted by Crippen LogP contribution is 2.15. The minimum absolute atomic E-state index is 0.120. The quantitative estimate of drug-likeness (QED) is 0.797. The molecule has 1 N–H and O–H groups in total. The first-order valence-electron chi connectivity index (χ1n) is 6.41. The van der Waals surface area contributed by atoms with E-state index < -0.39 is 5.97 Å². The molecule has 21 heavy (non-hydrogen) atoms. The van der Waals surface area contributed by atoms with E-state index >= 15 is 0 Å². The molecule has 3 rings (SSSR count). The van der Waals surface area contributed by atoms with Crippen LogP contribution >= 0.6 is 0 Å². The normalized spacial score (nSPS) is 10.7. The third-order valence-electron chi connectivity index (χ3n) is 3.30. The first-order chi connectivity index (χ1) is 10.2. The van der Waals surface area contributed by atoms with Gasteiger partial charge in [0.05, 0.1) is 12.1 Å². The van der Waals surface area contributed by atoms with Crippen LogP contribution in [-0.4, -0.2) is 20.6 Å². The Morgan fingerprint density at radius 1 is 1.14 bits per heavy atom. The Morgan fingerprint density at radius 3 is 2.57 bits per heavy atom. The van der Waals surface area contributed by atoms with E-state index in [-0.39, 0.29) is 17.7 Å². The van der Waals surface area contributed by atoms with Gasteiger partial charge in [-0.2, -0.15) is 0 Å². The van der Waals surface area contributed by atoms with Crippen LogP contribution in [-0.2, 0) is 6.54 Å². The lowest BCUT2D eigenvalue weighted by molar-refractivity contribution is 0.0698. The fraction of sp³-hybridized carbons (Fsp3) is 0.0625. The Morgan fingerprint density at radius 2 is 1.90 bits per heavy atom. The summed E-state index contributed by atoms with van der Waals surface area (Å²) in [4.78, 5) is 27.9. The maximum atomic E-state index is 12.5. The van der Waals surface area contributed by atoms with Crippen LogP contribution in [0.25, 0.3) is 10.8 Å². The van der Waals surface area contributed by atoms with Crippen molar-refractivity contribution in [2.75, 3.05) is 0 Å². The van der Waals surface area contributed by atoms with Gasteiger partial charge < -0.3 is 9.67 Å². The highest BCUT2D eigenvalue weighted by molar-refractivity contribution is 6.02. The summed E-state index contributed by atoms with van der Waals surface area (Å²) in [5, 5.41) is 10.2. The average molecular weight is 280 g/mol. The van der Waals surface area contributed by atoms with Gasteiger partial charge in [0.2, 0.25) is 0 Å². The fourth-order valence-electron chi connectivity index (χ4n) is 2.32. The Balaban J connectivity index is 2.22. The van der Waals surface area contributed by atoms with Crippen molar-refractivity contribution in [2.24, 2.45) is 0 Å². The van der Waals surface area contributed by atoms with Crippen LogP contribution in [0, 0.1) is 0 Å². The van der Waals surface area contributed by atoms with E-state index in [2.05, 4.69) is 4.98 Å². The summed E-state index contributed by atoms with van der Waals surface area (Å²) >= 11 is 0. The lowest BCUT2D eigenvalue weighted by atomic mass is 10.1. The minimum atomic E-state index is -1.05. The molecule has 0 aliphatic heterocycles. The van der Waals surface area contributed by atoms with Crippen LogP contribution in [0.5, 0.6) is 0 Å². The van der Waals surface area contributed by atoms with Crippen LogP contribution < -0.4 is 5.56 Å². The zero-order valence-electron chi connectivity index (χ0n) is 11.1. The average Bonchev–Trinajstić information content (AvgIpc) is 2.51. The van der Waals surface area contributed by atoms with Crippen molar-refractivity contribution in [3.8, 4) is 0 Å². The van der Waals surface area contributed by atoms with E-state index in [1.807, 2.05) is 6.07 Å². The van der Waals surface area contributed by atoms with E-state index in [0.717, 1.165) is 5.56 Å². The molecule has 2 heterocycles. The number of nitrogens with zero attached hydrogens (tertiary/aromatic N) is 2. The molecule has 5 heteroatoms. The molecule has 0 saturated heterocycles. The molecule has 0 atom stereocenters. The van der Waals surface area contributed by atoms with E-state index in [1.54, 1.807) is 42.7 Å². The van der Waals surface area contributed by atoms with Gasteiger partial charge in [-0.15, -0.1) is 0 Å². The van der Waals surface area contributed by atoms with Crippen molar-refractivity contribution in [1.29, 1.82) is 0 Å². The second-order valence-electron chi connectivity index (χ2n) is 4.69. The predicted molar refractivity (Wildman–Crippen MR) is 78.5 cm³/mol. The molecule has 104 valence electrons. The number of rotatable bonds is 3. The van der Waals surface area contributed by atoms with Gasteiger partial charge >= 0.3 is 5.97 Å². The monoisotopic (exact) mass is 280 g/mol. The third kappa shape index (κ3) is 2.41. The molecular weight excluding hydrogens is 268 g/mol. The van der Waals surface area contributed by atoms with Crippen LogP contribution in [0.3, 0.4) is 0 Å². The number of benzene rings is 1. The van der Waals surface area contributed by atoms with E-state index in [0.29, 0.717) is 10.8 Å². The fourth-order valence-corrected chi connectivity index (χ4v) is 2.32. The van der Waals surface area contributed by atoms with Gasteiger partial charge in [-0.05, 0) is 17.7 Å². The van der Waals surface area contributed by atoms with Crippen molar-refractivity contribution >= 4 is 16.7 Å². The Kier molecular flexibility index (Phi) is 3.23. The predicted octanol–water partition coefficient (Wildman–Crippen LogP) is 2.14. The Labute approximate surface area is 120 Å². The van der Waals surface area contributed by atoms with Gasteiger partial charge in [-0.25, -0.2) is 4.79 Å². The number of fused-ring (bicyclic) bond motifs is 1. The summed E-state index contributed by atoms with van der Waals surface area (Å²) < 4.78 is 1.41. The molecule has 0 saturated carbocycles. The van der Waals surface area contributed by atoms with Gasteiger partial charge in [0.1, 0.15) is 0 Å². The molecule has 1 aromatic carbocycles. The number of hydrogen-bond acceptors (Lipinski definition) is 3. The Hall–Kier alpha value is -2.95. The first kappa shape index (κ1) is 13.1. The maximum Gasteiger partial charge on any atom is 0.337 e. The van der Waals surface area contributed by atoms with Crippen molar-refractivity contribution < 1.29 is 9.90 Å². The molecule has 2 aromatic heterocycles. The van der Waals surface area contributed by atoms with Crippen LogP contribution in [0.4, 0.5) is 0 Å². The molecule has 0 aliphatic rings. The van der Waals surface area contributed by atoms with Crippen molar-refractivity contribution in [3.05, 3.63) is 76.5 Å². The van der Waals surface area contributed by atoms with Gasteiger partial charge in [-0.1, -0.05) is 24.3 Å². The number of aromatic carboxylic acids is 1. The second kappa shape index (κ2) is 5.20. The van der Waals surface area contributed by atoms with Crippen molar-refractivity contribution in [2.45, 2.75) is 6.54 Å². The highest BCUT2D eigenvalue weighted by atomic mass is 16.4. The smallest absolute Gasteiger partial charge is 0.337 e. The molecule has 0 unspecified atom stereocenters. The first-order valence-corrected chi connectivity index (χ1v) is 6.41. The number of hydrogen-bond donors (Lipinski definition) is 1. The molecule has 3 aromatic rings. The summed E-state index contributed by atoms with van der Waals surface area (Å²) in [7, 11) is 0. The van der Waals surface area contributed by atoms with E-state index in [4.69, 9.17) is 0 Å². The highest BCUT2D eigenvalue weighted by Gasteiger charge is 2.13. The molecule has 0 radical (unpaired) electrons. The largest absolute Gasteiger partial charge is 0.478 e. The van der Waals surface area contributed by atoms with Crippen molar-refractivity contribution in [1.82, 2.24) is 9.55 Å². The van der Waals surface area contributed by atoms with E-state index in [9.17, 15) is 14.7 Å². The summed E-state index contributed by atoms with van der Waals surface area (Å²) in [5.41, 5.74) is 0.750. The summed E-state index contributed by atoms with van der Waals surface area (Å²) in [6.45, 7) is 0.289. The van der Waals surface area contributed by atoms with Crippen LogP contribution in [0.2, 0.25) is 0 Å². The third-order valence-corrected chi connectivity index (χ3v) is 3.30. The molecule has 0 amide bonds. The molecule has 0 spiro atoms. The number of aromatic nitrogens is 2.